The van der Waals surface area contributed by atoms with Gasteiger partial charge in [0.05, 0.1) is 24.5 Å². The van der Waals surface area contributed by atoms with E-state index in [1.807, 2.05) is 19.0 Å². The Bertz CT molecular complexity index is 1190. The van der Waals surface area contributed by atoms with E-state index in [0.29, 0.717) is 38.3 Å². The maximum Gasteiger partial charge on any atom is 0.334 e. The Morgan fingerprint density at radius 1 is 1.11 bits per heavy atom. The van der Waals surface area contributed by atoms with Crippen LogP contribution in [0.15, 0.2) is 18.5 Å². The number of nitrogens with zero attached hydrogens (tertiary/aromatic N) is 4. The fraction of sp³-hybridized carbons (Fsp3) is 0.600. The Labute approximate surface area is 241 Å². The molecule has 12 heteroatoms. The molecule has 1 radical (unpaired) electrons. The molecule has 1 fully saturated rings. The molecule has 197 valence electrons. The van der Waals surface area contributed by atoms with E-state index in [-0.39, 0.29) is 35.6 Å². The molecular formula is C25H36N6NaO4S. The third-order valence-corrected chi connectivity index (χ3v) is 8.84. The number of hydrogen-bond acceptors (Lipinski definition) is 6. The SMILES string of the molecule is CN(C)CCn1cc(N(C2CCOCC2)S(=O)(=O)NC(=O)Nc2c3c(cc4c2CCC4)CCC3)cn1.[Na]. The van der Waals surface area contributed by atoms with Gasteiger partial charge in [0.2, 0.25) is 0 Å². The van der Waals surface area contributed by atoms with Gasteiger partial charge >= 0.3 is 16.2 Å². The zero-order chi connectivity index (χ0) is 25.3. The molecule has 2 aliphatic carbocycles. The number of nitrogens with one attached hydrogen (secondary N) is 2. The number of aromatic nitrogens is 2. The maximum atomic E-state index is 13.6. The molecule has 1 aromatic carbocycles. The van der Waals surface area contributed by atoms with Crippen molar-refractivity contribution in [3.63, 3.8) is 0 Å². The Morgan fingerprint density at radius 3 is 2.38 bits per heavy atom. The standard InChI is InChI=1S/C25H36N6O4S.Na/c1-29(2)11-12-30-17-21(16-26-30)31(20-9-13-35-14-10-20)36(33,34)28-25(32)27-24-22-7-3-5-18(22)15-19-6-4-8-23(19)24;/h15-17,20H,3-14H2,1-2H3,(H2,27,28,32);. The van der Waals surface area contributed by atoms with Gasteiger partial charge in [0.15, 0.2) is 0 Å². The minimum Gasteiger partial charge on any atom is -0.381 e. The van der Waals surface area contributed by atoms with Gasteiger partial charge in [0.25, 0.3) is 0 Å². The van der Waals surface area contributed by atoms with Crippen molar-refractivity contribution < 1.29 is 17.9 Å². The molecule has 0 atom stereocenters. The molecular weight excluding hydrogens is 503 g/mol. The summed E-state index contributed by atoms with van der Waals surface area (Å²) >= 11 is 0. The second kappa shape index (κ2) is 12.0. The van der Waals surface area contributed by atoms with Gasteiger partial charge < -0.3 is 15.0 Å². The fourth-order valence-electron chi connectivity index (χ4n) is 5.63. The number of benzene rings is 1. The van der Waals surface area contributed by atoms with Crippen LogP contribution in [0.25, 0.3) is 0 Å². The van der Waals surface area contributed by atoms with Crippen LogP contribution >= 0.6 is 0 Å². The molecule has 0 bridgehead atoms. The predicted molar refractivity (Wildman–Crippen MR) is 144 cm³/mol. The number of amides is 2. The van der Waals surface area contributed by atoms with Crippen LogP contribution in [0.5, 0.6) is 0 Å². The number of carbonyl (C=O) groups is 1. The summed E-state index contributed by atoms with van der Waals surface area (Å²) < 4.78 is 38.1. The smallest absolute Gasteiger partial charge is 0.334 e. The molecule has 5 rings (SSSR count). The number of ether oxygens (including phenoxy) is 1. The normalized spacial score (nSPS) is 17.3. The third-order valence-electron chi connectivity index (χ3n) is 7.37. The van der Waals surface area contributed by atoms with Crippen LogP contribution in [0.2, 0.25) is 0 Å². The predicted octanol–water partition coefficient (Wildman–Crippen LogP) is 2.09. The topological polar surface area (TPSA) is 109 Å². The van der Waals surface area contributed by atoms with E-state index < -0.39 is 16.2 Å². The molecule has 10 nitrogen and oxygen atoms in total. The van der Waals surface area contributed by atoms with Crippen molar-refractivity contribution in [3.8, 4) is 0 Å². The van der Waals surface area contributed by atoms with Gasteiger partial charge in [-0.25, -0.2) is 13.8 Å². The maximum absolute atomic E-state index is 13.6. The first-order valence-corrected chi connectivity index (χ1v) is 14.3. The number of aryl methyl sites for hydroxylation is 2. The van der Waals surface area contributed by atoms with E-state index >= 15 is 0 Å². The van der Waals surface area contributed by atoms with Crippen LogP contribution in [0.4, 0.5) is 16.2 Å². The minimum absolute atomic E-state index is 0. The average Bonchev–Trinajstić information content (AvgIpc) is 3.59. The fourth-order valence-corrected chi connectivity index (χ4v) is 6.99. The molecule has 37 heavy (non-hydrogen) atoms. The number of hydrogen-bond donors (Lipinski definition) is 2. The number of likely N-dealkylation sites (N-methyl/N-ethyl adjacent to an activating group) is 1. The summed E-state index contributed by atoms with van der Waals surface area (Å²) in [4.78, 5) is 15.2. The van der Waals surface area contributed by atoms with E-state index in [0.717, 1.165) is 61.9 Å². The monoisotopic (exact) mass is 539 g/mol. The number of rotatable bonds is 8. The Kier molecular flexibility index (Phi) is 9.24. The van der Waals surface area contributed by atoms with Gasteiger partial charge in [-0.05, 0) is 87.7 Å². The molecule has 2 aromatic rings. The van der Waals surface area contributed by atoms with E-state index in [1.54, 1.807) is 17.1 Å². The van der Waals surface area contributed by atoms with Crippen molar-refractivity contribution in [2.45, 2.75) is 64.0 Å². The second-order valence-electron chi connectivity index (χ2n) is 10.2. The third kappa shape index (κ3) is 6.34. The van der Waals surface area contributed by atoms with Gasteiger partial charge in [0, 0.05) is 61.2 Å². The molecule has 3 aliphatic rings. The van der Waals surface area contributed by atoms with E-state index in [2.05, 4.69) is 21.2 Å². The number of urea groups is 1. The summed E-state index contributed by atoms with van der Waals surface area (Å²) in [5.74, 6) is 0. The van der Waals surface area contributed by atoms with Crippen molar-refractivity contribution in [2.75, 3.05) is 43.5 Å². The summed E-state index contributed by atoms with van der Waals surface area (Å²) in [5.41, 5.74) is 6.14. The van der Waals surface area contributed by atoms with Crippen LogP contribution in [-0.4, -0.2) is 98.6 Å². The van der Waals surface area contributed by atoms with Gasteiger partial charge in [0.1, 0.15) is 0 Å². The summed E-state index contributed by atoms with van der Waals surface area (Å²) in [6.45, 7) is 2.35. The molecule has 1 aromatic heterocycles. The summed E-state index contributed by atoms with van der Waals surface area (Å²) in [6.07, 6.45) is 10.3. The van der Waals surface area contributed by atoms with Gasteiger partial charge in [-0.15, -0.1) is 0 Å². The van der Waals surface area contributed by atoms with Gasteiger partial charge in [-0.1, -0.05) is 6.07 Å². The van der Waals surface area contributed by atoms with Crippen molar-refractivity contribution >= 4 is 57.2 Å². The summed E-state index contributed by atoms with van der Waals surface area (Å²) in [5, 5.41) is 7.31. The minimum atomic E-state index is -4.19. The van der Waals surface area contributed by atoms with Crippen molar-refractivity contribution in [2.24, 2.45) is 0 Å². The van der Waals surface area contributed by atoms with Crippen LogP contribution in [0.3, 0.4) is 0 Å². The number of carbonyl (C=O) groups excluding carboxylic acids is 1. The largest absolute Gasteiger partial charge is 0.381 e. The molecule has 0 spiro atoms. The average molecular weight is 540 g/mol. The molecule has 0 unspecified atom stereocenters. The van der Waals surface area contributed by atoms with E-state index in [9.17, 15) is 13.2 Å². The molecule has 1 saturated heterocycles. The second-order valence-corrected chi connectivity index (χ2v) is 11.7. The Balaban J connectivity index is 0.00000320. The molecule has 2 amide bonds. The van der Waals surface area contributed by atoms with Crippen molar-refractivity contribution in [1.82, 2.24) is 19.4 Å². The quantitative estimate of drug-likeness (QED) is 0.498. The molecule has 1 aliphatic heterocycles. The van der Waals surface area contributed by atoms with Crippen molar-refractivity contribution in [3.05, 3.63) is 40.7 Å². The van der Waals surface area contributed by atoms with E-state index in [1.165, 1.54) is 15.4 Å². The van der Waals surface area contributed by atoms with Gasteiger partial charge in [-0.2, -0.15) is 13.5 Å². The van der Waals surface area contributed by atoms with Crippen LogP contribution in [-0.2, 0) is 47.2 Å². The summed E-state index contributed by atoms with van der Waals surface area (Å²) in [7, 11) is -0.238. The molecule has 2 heterocycles. The van der Waals surface area contributed by atoms with E-state index in [4.69, 9.17) is 4.74 Å². The number of fused-ring (bicyclic) bond motifs is 2. The van der Waals surface area contributed by atoms with Crippen LogP contribution < -0.4 is 14.3 Å². The Hall–Kier alpha value is -1.63. The first kappa shape index (κ1) is 28.4. The first-order valence-electron chi connectivity index (χ1n) is 12.9. The Morgan fingerprint density at radius 2 is 1.76 bits per heavy atom. The number of anilines is 2. The molecule has 2 N–H and O–H groups in total. The van der Waals surface area contributed by atoms with Crippen molar-refractivity contribution in [1.29, 1.82) is 0 Å². The zero-order valence-electron chi connectivity index (χ0n) is 22.1. The summed E-state index contributed by atoms with van der Waals surface area (Å²) in [6, 6.07) is 1.24. The van der Waals surface area contributed by atoms with Crippen LogP contribution in [0, 0.1) is 0 Å². The molecule has 0 saturated carbocycles. The van der Waals surface area contributed by atoms with Gasteiger partial charge in [-0.3, -0.25) is 4.68 Å². The van der Waals surface area contributed by atoms with Crippen LogP contribution in [0.1, 0.15) is 47.9 Å². The zero-order valence-corrected chi connectivity index (χ0v) is 24.9. The first-order chi connectivity index (χ1) is 17.3.